The zero-order chi connectivity index (χ0) is 22.0. The van der Waals surface area contributed by atoms with Crippen LogP contribution in [0, 0.1) is 6.92 Å². The monoisotopic (exact) mass is 414 g/mol. The Morgan fingerprint density at radius 1 is 1.00 bits per heavy atom. The van der Waals surface area contributed by atoms with Gasteiger partial charge in [0.2, 0.25) is 0 Å². The SMILES string of the molecule is Cc1cc(C(=O)O)ccc1-c1ccc(C=NNC(=O)c2cc3ccccc3cc2O)o1. The summed E-state index contributed by atoms with van der Waals surface area (Å²) in [6, 6.07) is 18.7. The molecule has 7 heteroatoms. The molecule has 3 aromatic carbocycles. The zero-order valence-electron chi connectivity index (χ0n) is 16.5. The third kappa shape index (κ3) is 4.16. The van der Waals surface area contributed by atoms with Crippen molar-refractivity contribution in [2.45, 2.75) is 6.92 Å². The fraction of sp³-hybridized carbons (Fsp3) is 0.0417. The number of carboxylic acids is 1. The molecule has 0 unspecified atom stereocenters. The van der Waals surface area contributed by atoms with Gasteiger partial charge < -0.3 is 14.6 Å². The minimum absolute atomic E-state index is 0.116. The van der Waals surface area contributed by atoms with E-state index < -0.39 is 11.9 Å². The highest BCUT2D eigenvalue weighted by Gasteiger charge is 2.13. The van der Waals surface area contributed by atoms with Crippen LogP contribution >= 0.6 is 0 Å². The standard InChI is InChI=1S/C24H18N2O5/c1-14-10-17(24(29)30)6-8-19(14)22-9-7-18(31-22)13-25-26-23(28)20-11-15-4-2-3-5-16(15)12-21(20)27/h2-13,27H,1H3,(H,26,28)(H,29,30). The molecule has 7 nitrogen and oxygen atoms in total. The number of carboxylic acid groups (broad SMARTS) is 1. The van der Waals surface area contributed by atoms with E-state index in [1.54, 1.807) is 37.3 Å². The molecule has 0 radical (unpaired) electrons. The van der Waals surface area contributed by atoms with Crippen LogP contribution in [0.5, 0.6) is 5.75 Å². The molecule has 4 rings (SSSR count). The van der Waals surface area contributed by atoms with Crippen LogP contribution in [-0.4, -0.2) is 28.3 Å². The number of phenolic OH excluding ortho intramolecular Hbond substituents is 1. The summed E-state index contributed by atoms with van der Waals surface area (Å²) >= 11 is 0. The molecule has 0 saturated heterocycles. The number of hydrazone groups is 1. The van der Waals surface area contributed by atoms with E-state index in [9.17, 15) is 14.7 Å². The third-order valence-electron chi connectivity index (χ3n) is 4.83. The number of hydrogen-bond donors (Lipinski definition) is 3. The predicted octanol–water partition coefficient (Wildman–Crippen LogP) is 4.58. The molecular weight excluding hydrogens is 396 g/mol. The highest BCUT2D eigenvalue weighted by Crippen LogP contribution is 2.26. The highest BCUT2D eigenvalue weighted by atomic mass is 16.4. The van der Waals surface area contributed by atoms with Crippen LogP contribution in [0.2, 0.25) is 0 Å². The van der Waals surface area contributed by atoms with E-state index in [2.05, 4.69) is 10.5 Å². The van der Waals surface area contributed by atoms with Crippen molar-refractivity contribution in [3.05, 3.63) is 89.2 Å². The van der Waals surface area contributed by atoms with Crippen LogP contribution in [0.3, 0.4) is 0 Å². The molecule has 0 saturated carbocycles. The average Bonchev–Trinajstić information content (AvgIpc) is 3.21. The Labute approximate surface area is 177 Å². The van der Waals surface area contributed by atoms with Crippen molar-refractivity contribution < 1.29 is 24.2 Å². The second kappa shape index (κ2) is 8.16. The van der Waals surface area contributed by atoms with E-state index in [4.69, 9.17) is 9.52 Å². The molecule has 154 valence electrons. The van der Waals surface area contributed by atoms with Crippen LogP contribution < -0.4 is 5.43 Å². The molecule has 0 aliphatic heterocycles. The second-order valence-electron chi connectivity index (χ2n) is 6.95. The lowest BCUT2D eigenvalue weighted by atomic mass is 10.0. The maximum atomic E-state index is 12.4. The number of phenols is 1. The molecule has 4 aromatic rings. The number of amides is 1. The number of nitrogens with zero attached hydrogens (tertiary/aromatic N) is 1. The van der Waals surface area contributed by atoms with Crippen molar-refractivity contribution in [2.24, 2.45) is 5.10 Å². The minimum atomic E-state index is -0.991. The number of rotatable bonds is 5. The molecule has 1 amide bonds. The van der Waals surface area contributed by atoms with Crippen LogP contribution in [0.4, 0.5) is 0 Å². The summed E-state index contributed by atoms with van der Waals surface area (Å²) < 4.78 is 5.72. The summed E-state index contributed by atoms with van der Waals surface area (Å²) in [5, 5.41) is 24.8. The van der Waals surface area contributed by atoms with Gasteiger partial charge in [-0.1, -0.05) is 30.3 Å². The van der Waals surface area contributed by atoms with Gasteiger partial charge in [0.25, 0.3) is 5.91 Å². The molecule has 3 N–H and O–H groups in total. The number of aromatic carboxylic acids is 1. The Balaban J connectivity index is 1.48. The van der Waals surface area contributed by atoms with E-state index in [0.717, 1.165) is 21.9 Å². The molecule has 0 spiro atoms. The predicted molar refractivity (Wildman–Crippen MR) is 117 cm³/mol. The van der Waals surface area contributed by atoms with E-state index in [0.29, 0.717) is 11.5 Å². The Hall–Kier alpha value is -4.39. The van der Waals surface area contributed by atoms with Gasteiger partial charge in [0.1, 0.15) is 17.3 Å². The Kier molecular flexibility index (Phi) is 5.24. The summed E-state index contributed by atoms with van der Waals surface area (Å²) in [5.41, 5.74) is 4.22. The van der Waals surface area contributed by atoms with Gasteiger partial charge in [-0.15, -0.1) is 0 Å². The van der Waals surface area contributed by atoms with Gasteiger partial charge in [-0.2, -0.15) is 5.10 Å². The molecule has 1 heterocycles. The Morgan fingerprint density at radius 3 is 2.45 bits per heavy atom. The number of benzene rings is 3. The highest BCUT2D eigenvalue weighted by molar-refractivity contribution is 6.01. The maximum Gasteiger partial charge on any atom is 0.335 e. The normalized spacial score (nSPS) is 11.1. The first-order valence-corrected chi connectivity index (χ1v) is 9.41. The summed E-state index contributed by atoms with van der Waals surface area (Å²) in [6.07, 6.45) is 1.35. The average molecular weight is 414 g/mol. The number of aryl methyl sites for hydroxylation is 1. The van der Waals surface area contributed by atoms with E-state index in [1.807, 2.05) is 24.3 Å². The number of carbonyl (C=O) groups is 2. The Morgan fingerprint density at radius 2 is 1.74 bits per heavy atom. The summed E-state index contributed by atoms with van der Waals surface area (Å²) in [7, 11) is 0. The van der Waals surface area contributed by atoms with Gasteiger partial charge in [0.05, 0.1) is 17.3 Å². The fourth-order valence-corrected chi connectivity index (χ4v) is 3.27. The number of furan rings is 1. The molecule has 1 aromatic heterocycles. The van der Waals surface area contributed by atoms with Crippen LogP contribution in [0.25, 0.3) is 22.1 Å². The second-order valence-corrected chi connectivity index (χ2v) is 6.95. The van der Waals surface area contributed by atoms with Crippen molar-refractivity contribution in [1.82, 2.24) is 5.43 Å². The van der Waals surface area contributed by atoms with Crippen molar-refractivity contribution in [2.75, 3.05) is 0 Å². The quantitative estimate of drug-likeness (QED) is 0.327. The molecule has 0 aliphatic carbocycles. The topological polar surface area (TPSA) is 112 Å². The van der Waals surface area contributed by atoms with Gasteiger partial charge >= 0.3 is 5.97 Å². The smallest absolute Gasteiger partial charge is 0.335 e. The number of nitrogens with one attached hydrogen (secondary N) is 1. The fourth-order valence-electron chi connectivity index (χ4n) is 3.27. The van der Waals surface area contributed by atoms with E-state index in [-0.39, 0.29) is 16.9 Å². The van der Waals surface area contributed by atoms with Crippen LogP contribution in [-0.2, 0) is 0 Å². The van der Waals surface area contributed by atoms with Crippen molar-refractivity contribution in [1.29, 1.82) is 0 Å². The Bertz CT molecular complexity index is 1340. The van der Waals surface area contributed by atoms with Gasteiger partial charge in [0.15, 0.2) is 0 Å². The first-order valence-electron chi connectivity index (χ1n) is 9.41. The number of aromatic hydroxyl groups is 1. The third-order valence-corrected chi connectivity index (χ3v) is 4.83. The lowest BCUT2D eigenvalue weighted by molar-refractivity contribution is 0.0696. The lowest BCUT2D eigenvalue weighted by Gasteiger charge is -2.05. The van der Waals surface area contributed by atoms with Crippen molar-refractivity contribution in [3.8, 4) is 17.1 Å². The van der Waals surface area contributed by atoms with Gasteiger partial charge in [-0.05, 0) is 59.7 Å². The number of carbonyl (C=O) groups excluding carboxylic acids is 1. The first kappa shape index (κ1) is 19.9. The number of hydrogen-bond acceptors (Lipinski definition) is 5. The molecule has 0 atom stereocenters. The molecular formula is C24H18N2O5. The summed E-state index contributed by atoms with van der Waals surface area (Å²) in [6.45, 7) is 1.80. The molecule has 0 aliphatic rings. The van der Waals surface area contributed by atoms with Gasteiger partial charge in [-0.3, -0.25) is 4.79 Å². The molecule has 31 heavy (non-hydrogen) atoms. The van der Waals surface area contributed by atoms with E-state index >= 15 is 0 Å². The lowest BCUT2D eigenvalue weighted by Crippen LogP contribution is -2.17. The summed E-state index contributed by atoms with van der Waals surface area (Å²) in [5.74, 6) is -0.720. The van der Waals surface area contributed by atoms with Crippen molar-refractivity contribution >= 4 is 28.9 Å². The zero-order valence-corrected chi connectivity index (χ0v) is 16.5. The first-order chi connectivity index (χ1) is 14.9. The minimum Gasteiger partial charge on any atom is -0.507 e. The van der Waals surface area contributed by atoms with Crippen LogP contribution in [0.1, 0.15) is 32.0 Å². The van der Waals surface area contributed by atoms with Crippen molar-refractivity contribution in [3.63, 3.8) is 0 Å². The number of fused-ring (bicyclic) bond motifs is 1. The van der Waals surface area contributed by atoms with Crippen LogP contribution in [0.15, 0.2) is 76.2 Å². The van der Waals surface area contributed by atoms with Gasteiger partial charge in [0, 0.05) is 5.56 Å². The van der Waals surface area contributed by atoms with E-state index in [1.165, 1.54) is 18.3 Å². The maximum absolute atomic E-state index is 12.4. The molecule has 0 fully saturated rings. The summed E-state index contributed by atoms with van der Waals surface area (Å²) in [4.78, 5) is 23.5. The largest absolute Gasteiger partial charge is 0.507 e. The van der Waals surface area contributed by atoms with Gasteiger partial charge in [-0.25, -0.2) is 10.2 Å². The molecule has 0 bridgehead atoms.